The van der Waals surface area contributed by atoms with Crippen LogP contribution in [-0.2, 0) is 10.0 Å². The Kier molecular flexibility index (Phi) is 3.21. The first kappa shape index (κ1) is 12.1. The molecule has 2 rings (SSSR count). The predicted molar refractivity (Wildman–Crippen MR) is 67.5 cm³/mol. The molecule has 1 aliphatic rings. The molecule has 0 bridgehead atoms. The van der Waals surface area contributed by atoms with E-state index < -0.39 is 10.0 Å². The van der Waals surface area contributed by atoms with Gasteiger partial charge in [0.1, 0.15) is 5.75 Å². The Hall–Kier alpha value is -1.34. The molecule has 1 fully saturated rings. The zero-order chi connectivity index (χ0) is 12.5. The Labute approximate surface area is 105 Å². The van der Waals surface area contributed by atoms with Crippen molar-refractivity contribution in [3.8, 4) is 5.75 Å². The average molecular weight is 272 g/mol. The smallest absolute Gasteiger partial charge is 0.266 e. The van der Waals surface area contributed by atoms with E-state index in [0.29, 0.717) is 18.8 Å². The molecule has 0 spiro atoms. The van der Waals surface area contributed by atoms with Crippen LogP contribution in [0.15, 0.2) is 29.2 Å². The molecule has 0 aromatic heterocycles. The first-order valence-corrected chi connectivity index (χ1v) is 6.85. The van der Waals surface area contributed by atoms with Crippen LogP contribution in [0.3, 0.4) is 0 Å². The number of thiocarbonyl (C=S) groups is 1. The van der Waals surface area contributed by atoms with Gasteiger partial charge in [-0.25, -0.2) is 12.7 Å². The van der Waals surface area contributed by atoms with Crippen LogP contribution < -0.4 is 10.1 Å². The van der Waals surface area contributed by atoms with E-state index in [1.807, 2.05) is 0 Å². The van der Waals surface area contributed by atoms with Gasteiger partial charge in [-0.05, 0) is 36.5 Å². The maximum atomic E-state index is 12.2. The van der Waals surface area contributed by atoms with Crippen LogP contribution in [0.5, 0.6) is 5.75 Å². The number of rotatable bonds is 3. The van der Waals surface area contributed by atoms with E-state index in [0.717, 1.165) is 0 Å². The van der Waals surface area contributed by atoms with Gasteiger partial charge in [0, 0.05) is 6.54 Å². The monoisotopic (exact) mass is 272 g/mol. The standard InChI is InChI=1S/C10H12N2O3S2/c1-15-8-2-4-9(5-3-8)17(13,14)12-7-6-11-10(12)16/h2-5H,6-7H2,1H3,(H,11,16). The number of hydrogen-bond acceptors (Lipinski definition) is 4. The van der Waals surface area contributed by atoms with Gasteiger partial charge >= 0.3 is 0 Å². The number of hydrogen-bond donors (Lipinski definition) is 1. The molecule has 1 aromatic carbocycles. The van der Waals surface area contributed by atoms with Crippen molar-refractivity contribution in [2.75, 3.05) is 20.2 Å². The molecule has 1 aromatic rings. The van der Waals surface area contributed by atoms with E-state index >= 15 is 0 Å². The fourth-order valence-electron chi connectivity index (χ4n) is 1.56. The molecule has 92 valence electrons. The molecule has 1 heterocycles. The van der Waals surface area contributed by atoms with Crippen LogP contribution in [0.1, 0.15) is 0 Å². The van der Waals surface area contributed by atoms with Crippen molar-refractivity contribution in [1.29, 1.82) is 0 Å². The topological polar surface area (TPSA) is 58.6 Å². The number of nitrogens with one attached hydrogen (secondary N) is 1. The Morgan fingerprint density at radius 3 is 2.47 bits per heavy atom. The summed E-state index contributed by atoms with van der Waals surface area (Å²) < 4.78 is 30.6. The number of nitrogens with zero attached hydrogens (tertiary/aromatic N) is 1. The molecule has 17 heavy (non-hydrogen) atoms. The van der Waals surface area contributed by atoms with Crippen molar-refractivity contribution in [1.82, 2.24) is 9.62 Å². The SMILES string of the molecule is COc1ccc(S(=O)(=O)N2CCNC2=S)cc1. The average Bonchev–Trinajstić information content (AvgIpc) is 2.76. The highest BCUT2D eigenvalue weighted by molar-refractivity contribution is 7.91. The molecule has 7 heteroatoms. The summed E-state index contributed by atoms with van der Waals surface area (Å²) in [5.41, 5.74) is 0. The zero-order valence-electron chi connectivity index (χ0n) is 9.21. The van der Waals surface area contributed by atoms with Gasteiger partial charge in [-0.15, -0.1) is 0 Å². The second-order valence-electron chi connectivity index (χ2n) is 3.48. The Bertz CT molecular complexity index is 525. The second-order valence-corrected chi connectivity index (χ2v) is 5.73. The first-order chi connectivity index (χ1) is 8.05. The summed E-state index contributed by atoms with van der Waals surface area (Å²) in [5, 5.41) is 3.07. The van der Waals surface area contributed by atoms with Crippen LogP contribution in [0.4, 0.5) is 0 Å². The van der Waals surface area contributed by atoms with E-state index in [9.17, 15) is 8.42 Å². The van der Waals surface area contributed by atoms with Crippen molar-refractivity contribution in [3.63, 3.8) is 0 Å². The van der Waals surface area contributed by atoms with Gasteiger partial charge in [-0.3, -0.25) is 0 Å². The molecule has 0 amide bonds. The Morgan fingerprint density at radius 1 is 1.35 bits per heavy atom. The molecular weight excluding hydrogens is 260 g/mol. The van der Waals surface area contributed by atoms with Crippen LogP contribution in [0, 0.1) is 0 Å². The van der Waals surface area contributed by atoms with E-state index in [-0.39, 0.29) is 10.0 Å². The molecule has 0 saturated carbocycles. The minimum atomic E-state index is -3.54. The van der Waals surface area contributed by atoms with Gasteiger partial charge in [0.2, 0.25) is 0 Å². The van der Waals surface area contributed by atoms with E-state index in [1.54, 1.807) is 12.1 Å². The van der Waals surface area contributed by atoms with Gasteiger partial charge in [0.25, 0.3) is 10.0 Å². The second kappa shape index (κ2) is 4.50. The first-order valence-electron chi connectivity index (χ1n) is 5.00. The van der Waals surface area contributed by atoms with Gasteiger partial charge < -0.3 is 10.1 Å². The maximum absolute atomic E-state index is 12.2. The molecule has 0 radical (unpaired) electrons. The third-order valence-electron chi connectivity index (χ3n) is 2.47. The quantitative estimate of drug-likeness (QED) is 0.815. The number of ether oxygens (including phenoxy) is 1. The highest BCUT2D eigenvalue weighted by Gasteiger charge is 2.29. The molecular formula is C10H12N2O3S2. The minimum Gasteiger partial charge on any atom is -0.497 e. The number of methoxy groups -OCH3 is 1. The summed E-state index contributed by atoms with van der Waals surface area (Å²) in [6.45, 7) is 0.918. The normalized spacial score (nSPS) is 15.8. The van der Waals surface area contributed by atoms with Gasteiger partial charge in [-0.2, -0.15) is 0 Å². The van der Waals surface area contributed by atoms with E-state index in [2.05, 4.69) is 5.32 Å². The van der Waals surface area contributed by atoms with Gasteiger partial charge in [-0.1, -0.05) is 0 Å². The molecule has 1 N–H and O–H groups in total. The van der Waals surface area contributed by atoms with Gasteiger partial charge in [0.05, 0.1) is 18.6 Å². The van der Waals surface area contributed by atoms with Gasteiger partial charge in [0.15, 0.2) is 5.11 Å². The summed E-state index contributed by atoms with van der Waals surface area (Å²) in [6.07, 6.45) is 0. The minimum absolute atomic E-state index is 0.212. The maximum Gasteiger partial charge on any atom is 0.266 e. The van der Waals surface area contributed by atoms with Crippen LogP contribution in [-0.4, -0.2) is 38.0 Å². The lowest BCUT2D eigenvalue weighted by Gasteiger charge is -2.16. The molecule has 0 aliphatic carbocycles. The van der Waals surface area contributed by atoms with Crippen molar-refractivity contribution in [2.45, 2.75) is 4.90 Å². The van der Waals surface area contributed by atoms with Crippen LogP contribution in [0.25, 0.3) is 0 Å². The summed E-state index contributed by atoms with van der Waals surface area (Å²) in [7, 11) is -2.01. The third kappa shape index (κ3) is 2.20. The third-order valence-corrected chi connectivity index (χ3v) is 4.76. The highest BCUT2D eigenvalue weighted by Crippen LogP contribution is 2.20. The van der Waals surface area contributed by atoms with E-state index in [1.165, 1.54) is 23.5 Å². The molecule has 5 nitrogen and oxygen atoms in total. The van der Waals surface area contributed by atoms with Crippen molar-refractivity contribution >= 4 is 27.4 Å². The Morgan fingerprint density at radius 2 is 2.00 bits per heavy atom. The lowest BCUT2D eigenvalue weighted by atomic mass is 10.3. The Balaban J connectivity index is 2.34. The lowest BCUT2D eigenvalue weighted by molar-refractivity contribution is 0.414. The van der Waals surface area contributed by atoms with Crippen LogP contribution in [0.2, 0.25) is 0 Å². The molecule has 1 saturated heterocycles. The van der Waals surface area contributed by atoms with E-state index in [4.69, 9.17) is 17.0 Å². The fraction of sp³-hybridized carbons (Fsp3) is 0.300. The number of sulfonamides is 1. The number of benzene rings is 1. The van der Waals surface area contributed by atoms with Crippen molar-refractivity contribution in [2.24, 2.45) is 0 Å². The molecule has 1 aliphatic heterocycles. The molecule has 0 unspecified atom stereocenters. The largest absolute Gasteiger partial charge is 0.497 e. The zero-order valence-corrected chi connectivity index (χ0v) is 10.8. The molecule has 0 atom stereocenters. The lowest BCUT2D eigenvalue weighted by Crippen LogP contribution is -2.33. The summed E-state index contributed by atoms with van der Waals surface area (Å²) in [4.78, 5) is 0.212. The fourth-order valence-corrected chi connectivity index (χ4v) is 3.40. The summed E-state index contributed by atoms with van der Waals surface area (Å²) in [5.74, 6) is 0.617. The predicted octanol–water partition coefficient (Wildman–Crippen LogP) is 0.574. The summed E-state index contributed by atoms with van der Waals surface area (Å²) >= 11 is 4.95. The van der Waals surface area contributed by atoms with Crippen LogP contribution >= 0.6 is 12.2 Å². The van der Waals surface area contributed by atoms with Crippen molar-refractivity contribution < 1.29 is 13.2 Å². The summed E-state index contributed by atoms with van der Waals surface area (Å²) in [6, 6.07) is 6.24. The highest BCUT2D eigenvalue weighted by atomic mass is 32.2. The van der Waals surface area contributed by atoms with Crippen molar-refractivity contribution in [3.05, 3.63) is 24.3 Å².